The maximum atomic E-state index is 14.4. The first-order valence-electron chi connectivity index (χ1n) is 30.3. The van der Waals surface area contributed by atoms with Crippen molar-refractivity contribution in [2.45, 2.75) is 229 Å². The fourth-order valence-corrected chi connectivity index (χ4v) is 9.09. The molecule has 1 rings (SSSR count). The molecule has 88 heavy (non-hydrogen) atoms. The highest BCUT2D eigenvalue weighted by Crippen LogP contribution is 2.14. The van der Waals surface area contributed by atoms with Gasteiger partial charge < -0.3 is 101 Å². The Morgan fingerprint density at radius 1 is 0.602 bits per heavy atom. The van der Waals surface area contributed by atoms with Crippen LogP contribution in [0.2, 0.25) is 0 Å². The van der Waals surface area contributed by atoms with E-state index in [1.54, 1.807) is 0 Å². The van der Waals surface area contributed by atoms with Crippen LogP contribution in [0.3, 0.4) is 0 Å². The number of carboxylic acids is 1. The van der Waals surface area contributed by atoms with Gasteiger partial charge in [0.25, 0.3) is 5.91 Å². The number of nitrogens with two attached hydrogens (primary N) is 3. The minimum atomic E-state index is -2.74. The molecule has 0 spiro atoms. The zero-order valence-corrected chi connectivity index (χ0v) is 51.8. The number of alkyl halides is 1. The number of esters is 1. The van der Waals surface area contributed by atoms with E-state index in [2.05, 4.69) is 60.1 Å². The van der Waals surface area contributed by atoms with E-state index in [0.717, 1.165) is 70.8 Å². The number of nitrogens with one attached hydrogen (secondary N) is 10. The number of allylic oxidation sites excluding steroid dienone is 1. The Morgan fingerprint density at radius 3 is 1.66 bits per heavy atom. The summed E-state index contributed by atoms with van der Waals surface area (Å²) < 4.78 is 5.40. The fourth-order valence-electron chi connectivity index (χ4n) is 8.91. The third-order valence-electron chi connectivity index (χ3n) is 14.1. The van der Waals surface area contributed by atoms with Gasteiger partial charge in [-0.1, -0.05) is 90.6 Å². The van der Waals surface area contributed by atoms with Gasteiger partial charge in [-0.2, -0.15) is 0 Å². The molecule has 0 aromatic rings. The van der Waals surface area contributed by atoms with Crippen molar-refractivity contribution in [2.24, 2.45) is 17.2 Å². The number of halogens is 1. The van der Waals surface area contributed by atoms with E-state index in [4.69, 9.17) is 33.5 Å². The summed E-state index contributed by atoms with van der Waals surface area (Å²) in [5, 5.41) is 76.1. The van der Waals surface area contributed by atoms with E-state index in [9.17, 15) is 83.1 Å². The van der Waals surface area contributed by atoms with Crippen molar-refractivity contribution in [3.63, 3.8) is 0 Å². The van der Waals surface area contributed by atoms with Crippen molar-refractivity contribution < 1.29 is 87.8 Å². The van der Waals surface area contributed by atoms with Gasteiger partial charge in [-0.3, -0.25) is 47.9 Å². The van der Waals surface area contributed by atoms with Crippen LogP contribution in [-0.4, -0.2) is 208 Å². The Morgan fingerprint density at radius 2 is 1.11 bits per heavy atom. The Labute approximate surface area is 518 Å². The maximum Gasteiger partial charge on any atom is 0.335 e. The van der Waals surface area contributed by atoms with Gasteiger partial charge in [-0.25, -0.2) is 9.59 Å². The molecule has 1 saturated heterocycles. The fraction of sp³-hybridized carbons (Fsp3) is 0.750. The molecule has 502 valence electrons. The third-order valence-corrected chi connectivity index (χ3v) is 14.4. The van der Waals surface area contributed by atoms with Crippen LogP contribution in [0.5, 0.6) is 0 Å². The lowest BCUT2D eigenvalue weighted by atomic mass is 10.0. The molecular formula is C56H98ClN13O18. The third kappa shape index (κ3) is 30.5. The van der Waals surface area contributed by atoms with Crippen LogP contribution in [0.25, 0.3) is 0 Å². The average Bonchev–Trinajstić information content (AvgIpc) is 1.85. The SMILES string of the molecule is C/C=C1/NC(=O)C([C@H](C)O)NC(=O)[C@H](CCN)NC(=O)C([C@H](O)C(=O)O)NC(=O)C(CCCCN)NC(=O)[C@H](CC(=O)NCCCCC)NC(=O)C(CCN)NC(=O)C(NC(=O)C[C@H](O)CCCCCCCCCCC)COC(=O)C([C@H](O)CCl)NC1=O. The number of aliphatic carboxylic acids is 1. The molecule has 0 aliphatic carbocycles. The molecule has 21 N–H and O–H groups in total. The Bertz CT molecular complexity index is 2280. The van der Waals surface area contributed by atoms with Crippen LogP contribution in [0.15, 0.2) is 11.8 Å². The number of aliphatic hydroxyl groups excluding tert-OH is 4. The van der Waals surface area contributed by atoms with E-state index in [1.807, 2.05) is 6.92 Å². The highest BCUT2D eigenvalue weighted by Gasteiger charge is 2.40. The number of carboxylic acid groups (broad SMARTS) is 1. The monoisotopic (exact) mass is 1280 g/mol. The molecule has 32 heteroatoms. The summed E-state index contributed by atoms with van der Waals surface area (Å²) in [6, 6.07) is -15.6. The Hall–Kier alpha value is -6.61. The van der Waals surface area contributed by atoms with Crippen molar-refractivity contribution in [3.8, 4) is 0 Å². The Kier molecular flexibility index (Phi) is 40.4. The zero-order chi connectivity index (χ0) is 66.3. The van der Waals surface area contributed by atoms with Crippen molar-refractivity contribution in [2.75, 3.05) is 38.7 Å². The largest absolute Gasteiger partial charge is 0.479 e. The van der Waals surface area contributed by atoms with E-state index < -0.39 is 188 Å². The topological polar surface area (TPSA) is 514 Å². The molecule has 31 nitrogen and oxygen atoms in total. The summed E-state index contributed by atoms with van der Waals surface area (Å²) in [4.78, 5) is 166. The van der Waals surface area contributed by atoms with Crippen molar-refractivity contribution in [3.05, 3.63) is 11.8 Å². The standard InChI is InChI=1S/C56H98ClN13O18/c1-5-8-10-11-12-13-14-15-16-20-33(72)28-42(75)62-39-31-88-56(87)44(40(73)30-57)69-47(77)34(7-3)63-53(83)43(32(4)71)68-50(80)37(23-26-60)66-54(84)45(46(76)55(85)86)70-49(79)35(21-17-18-24-58)64-51(81)38(29-41(74)61-27-19-9-6-2)67-48(78)36(22-25-59)65-52(39)82/h7,32-33,35-40,43-46,71-73,76H,5-6,8-31,58-60H2,1-4H3,(H,61,74)(H,62,75)(H,63,83)(H,64,81)(H,65,82)(H,66,84)(H,67,78)(H,68,80)(H,69,77)(H,70,79)(H,85,86)/b34-7+/t32-,33+,35?,36?,37-,38-,39?,40+,43?,44?,45?,46-/m0/s1. The first-order valence-corrected chi connectivity index (χ1v) is 30.8. The first-order chi connectivity index (χ1) is 41.8. The number of cyclic esters (lactones) is 1. The zero-order valence-electron chi connectivity index (χ0n) is 51.0. The molecule has 0 aromatic heterocycles. The molecule has 0 bridgehead atoms. The first kappa shape index (κ1) is 79.4. The van der Waals surface area contributed by atoms with Crippen molar-refractivity contribution >= 4 is 82.6 Å². The molecular weight excluding hydrogens is 1180 g/mol. The van der Waals surface area contributed by atoms with Crippen molar-refractivity contribution in [1.29, 1.82) is 0 Å². The summed E-state index contributed by atoms with van der Waals surface area (Å²) in [6.45, 7) is 4.79. The molecule has 0 saturated carbocycles. The summed E-state index contributed by atoms with van der Waals surface area (Å²) in [5.74, 6) is -16.2. The average molecular weight is 1280 g/mol. The molecule has 6 unspecified atom stereocenters. The molecule has 0 aromatic carbocycles. The molecule has 1 heterocycles. The van der Waals surface area contributed by atoms with E-state index in [0.29, 0.717) is 19.3 Å². The van der Waals surface area contributed by atoms with Crippen LogP contribution in [0.4, 0.5) is 0 Å². The summed E-state index contributed by atoms with van der Waals surface area (Å²) in [6.07, 6.45) is 2.30. The quantitative estimate of drug-likeness (QED) is 0.0132. The minimum absolute atomic E-state index is 0.0795. The second-order valence-corrected chi connectivity index (χ2v) is 21.8. The van der Waals surface area contributed by atoms with E-state index in [-0.39, 0.29) is 51.9 Å². The molecule has 10 amide bonds. The van der Waals surface area contributed by atoms with E-state index in [1.165, 1.54) is 6.92 Å². The van der Waals surface area contributed by atoms with Gasteiger partial charge in [0.05, 0.1) is 37.0 Å². The van der Waals surface area contributed by atoms with Gasteiger partial charge in [-0.05, 0) is 78.4 Å². The number of aliphatic hydroxyl groups is 4. The summed E-state index contributed by atoms with van der Waals surface area (Å²) in [5.41, 5.74) is 16.7. The predicted octanol–water partition coefficient (Wildman–Crippen LogP) is -3.94. The Balaban J connectivity index is 4.11. The second-order valence-electron chi connectivity index (χ2n) is 21.5. The molecule has 1 aliphatic heterocycles. The van der Waals surface area contributed by atoms with Crippen LogP contribution < -0.4 is 70.4 Å². The highest BCUT2D eigenvalue weighted by atomic mass is 35.5. The lowest BCUT2D eigenvalue weighted by molar-refractivity contribution is -0.153. The highest BCUT2D eigenvalue weighted by molar-refractivity contribution is 6.18. The van der Waals surface area contributed by atoms with Gasteiger partial charge in [-0.15, -0.1) is 11.6 Å². The number of hydrogen-bond donors (Lipinski definition) is 18. The van der Waals surface area contributed by atoms with Gasteiger partial charge in [0.1, 0.15) is 54.6 Å². The van der Waals surface area contributed by atoms with Crippen LogP contribution in [0.1, 0.15) is 156 Å². The number of hydrogen-bond acceptors (Lipinski definition) is 20. The van der Waals surface area contributed by atoms with Crippen LogP contribution in [0, 0.1) is 0 Å². The number of ether oxygens (including phenoxy) is 1. The van der Waals surface area contributed by atoms with Crippen molar-refractivity contribution in [1.82, 2.24) is 53.2 Å². The van der Waals surface area contributed by atoms with Gasteiger partial charge in [0.15, 0.2) is 12.1 Å². The summed E-state index contributed by atoms with van der Waals surface area (Å²) >= 11 is 5.93. The maximum absolute atomic E-state index is 14.4. The molecule has 0 radical (unpaired) electrons. The van der Waals surface area contributed by atoms with Gasteiger partial charge >= 0.3 is 11.9 Å². The van der Waals surface area contributed by atoms with Gasteiger partial charge in [0, 0.05) is 6.54 Å². The van der Waals surface area contributed by atoms with Crippen LogP contribution in [-0.2, 0) is 62.3 Å². The summed E-state index contributed by atoms with van der Waals surface area (Å²) in [7, 11) is 0. The molecule has 12 atom stereocenters. The molecule has 1 aliphatic rings. The number of unbranched alkanes of at least 4 members (excludes halogenated alkanes) is 11. The number of carbonyl (C=O) groups excluding carboxylic acids is 11. The minimum Gasteiger partial charge on any atom is -0.479 e. The number of amides is 10. The van der Waals surface area contributed by atoms with E-state index >= 15 is 0 Å². The predicted molar refractivity (Wildman–Crippen MR) is 320 cm³/mol. The van der Waals surface area contributed by atoms with Gasteiger partial charge in [0.2, 0.25) is 53.2 Å². The number of carbonyl (C=O) groups is 12. The molecule has 1 fully saturated rings. The number of rotatable bonds is 32. The second kappa shape index (κ2) is 44.8. The smallest absolute Gasteiger partial charge is 0.335 e. The lowest BCUT2D eigenvalue weighted by Crippen LogP contribution is -2.63. The van der Waals surface area contributed by atoms with Crippen LogP contribution >= 0.6 is 11.6 Å². The normalized spacial score (nSPS) is 23.8. The lowest BCUT2D eigenvalue weighted by Gasteiger charge is -2.29.